The number of amides is 1. The molecule has 92 valence electrons. The van der Waals surface area contributed by atoms with Gasteiger partial charge < -0.3 is 9.47 Å². The van der Waals surface area contributed by atoms with Crippen LogP contribution >= 0.6 is 0 Å². The summed E-state index contributed by atoms with van der Waals surface area (Å²) >= 11 is 0. The lowest BCUT2D eigenvalue weighted by Gasteiger charge is -2.08. The summed E-state index contributed by atoms with van der Waals surface area (Å²) < 4.78 is 9.31. The number of hydrogen-bond donors (Lipinski definition) is 1. The summed E-state index contributed by atoms with van der Waals surface area (Å²) in [6.45, 7) is 3.43. The van der Waals surface area contributed by atoms with Crippen LogP contribution in [0.2, 0.25) is 0 Å². The van der Waals surface area contributed by atoms with E-state index >= 15 is 0 Å². The zero-order valence-corrected chi connectivity index (χ0v) is 9.86. The van der Waals surface area contributed by atoms with Crippen molar-refractivity contribution in [3.8, 4) is 0 Å². The molecule has 1 aromatic carbocycles. The Bertz CT molecular complexity index is 403. The SMILES string of the molecule is CCOC(=O)COC(=O)Nc1ccccc1C. The van der Waals surface area contributed by atoms with Gasteiger partial charge in [0.2, 0.25) is 0 Å². The Morgan fingerprint density at radius 3 is 2.59 bits per heavy atom. The van der Waals surface area contributed by atoms with Crippen LogP contribution in [0.5, 0.6) is 0 Å². The zero-order chi connectivity index (χ0) is 12.7. The molecule has 1 amide bonds. The molecule has 0 fully saturated rings. The molecule has 0 aliphatic carbocycles. The quantitative estimate of drug-likeness (QED) is 0.814. The molecule has 0 radical (unpaired) electrons. The number of anilines is 1. The molecular weight excluding hydrogens is 222 g/mol. The van der Waals surface area contributed by atoms with E-state index in [1.165, 1.54) is 0 Å². The van der Waals surface area contributed by atoms with E-state index in [2.05, 4.69) is 10.1 Å². The van der Waals surface area contributed by atoms with Crippen LogP contribution in [0.15, 0.2) is 24.3 Å². The van der Waals surface area contributed by atoms with Gasteiger partial charge in [-0.25, -0.2) is 9.59 Å². The number of para-hydroxylation sites is 1. The summed E-state index contributed by atoms with van der Waals surface area (Å²) in [6.07, 6.45) is -0.674. The van der Waals surface area contributed by atoms with Gasteiger partial charge in [0.05, 0.1) is 6.61 Å². The third kappa shape index (κ3) is 4.55. The molecule has 0 atom stereocenters. The van der Waals surface area contributed by atoms with Gasteiger partial charge in [-0.15, -0.1) is 0 Å². The number of nitrogens with one attached hydrogen (secondary N) is 1. The van der Waals surface area contributed by atoms with Gasteiger partial charge >= 0.3 is 12.1 Å². The van der Waals surface area contributed by atoms with Crippen LogP contribution in [0.1, 0.15) is 12.5 Å². The number of esters is 1. The van der Waals surface area contributed by atoms with Crippen LogP contribution < -0.4 is 5.32 Å². The number of carbonyl (C=O) groups excluding carboxylic acids is 2. The fourth-order valence-electron chi connectivity index (χ4n) is 1.19. The molecule has 0 bridgehead atoms. The molecule has 1 N–H and O–H groups in total. The van der Waals surface area contributed by atoms with Gasteiger partial charge in [-0.05, 0) is 25.5 Å². The number of carbonyl (C=O) groups is 2. The summed E-state index contributed by atoms with van der Waals surface area (Å²) in [4.78, 5) is 22.3. The highest BCUT2D eigenvalue weighted by molar-refractivity contribution is 5.87. The van der Waals surface area contributed by atoms with Gasteiger partial charge in [-0.3, -0.25) is 5.32 Å². The molecule has 0 saturated heterocycles. The van der Waals surface area contributed by atoms with Crippen molar-refractivity contribution in [2.75, 3.05) is 18.5 Å². The minimum absolute atomic E-state index is 0.265. The van der Waals surface area contributed by atoms with Gasteiger partial charge in [0.1, 0.15) is 0 Å². The third-order valence-electron chi connectivity index (χ3n) is 2.01. The largest absolute Gasteiger partial charge is 0.463 e. The van der Waals surface area contributed by atoms with E-state index in [1.54, 1.807) is 19.1 Å². The first-order valence-electron chi connectivity index (χ1n) is 5.28. The summed E-state index contributed by atoms with van der Waals surface area (Å²) in [6, 6.07) is 7.28. The van der Waals surface area contributed by atoms with Crippen LogP contribution in [-0.2, 0) is 14.3 Å². The number of rotatable bonds is 4. The second-order valence-electron chi connectivity index (χ2n) is 3.32. The molecule has 0 spiro atoms. The predicted molar refractivity (Wildman–Crippen MR) is 62.8 cm³/mol. The Morgan fingerprint density at radius 1 is 1.24 bits per heavy atom. The maximum Gasteiger partial charge on any atom is 0.412 e. The Morgan fingerprint density at radius 2 is 1.94 bits per heavy atom. The fourth-order valence-corrected chi connectivity index (χ4v) is 1.19. The summed E-state index contributed by atoms with van der Waals surface area (Å²) in [5.74, 6) is -0.563. The lowest BCUT2D eigenvalue weighted by atomic mass is 10.2. The lowest BCUT2D eigenvalue weighted by Crippen LogP contribution is -2.20. The Balaban J connectivity index is 2.40. The van der Waals surface area contributed by atoms with E-state index in [0.717, 1.165) is 5.56 Å². The number of ether oxygens (including phenoxy) is 2. The van der Waals surface area contributed by atoms with Crippen LogP contribution in [0.25, 0.3) is 0 Å². The summed E-state index contributed by atoms with van der Waals surface area (Å²) in [5, 5.41) is 2.54. The number of benzene rings is 1. The molecule has 1 rings (SSSR count). The van der Waals surface area contributed by atoms with Gasteiger partial charge in [-0.1, -0.05) is 18.2 Å². The van der Waals surface area contributed by atoms with E-state index in [4.69, 9.17) is 4.74 Å². The van der Waals surface area contributed by atoms with Crippen molar-refractivity contribution < 1.29 is 19.1 Å². The average molecular weight is 237 g/mol. The first kappa shape index (κ1) is 13.0. The Kier molecular flexibility index (Phi) is 5.00. The van der Waals surface area contributed by atoms with E-state index < -0.39 is 12.1 Å². The molecule has 1 aromatic rings. The van der Waals surface area contributed by atoms with Gasteiger partial charge in [0, 0.05) is 5.69 Å². The Hall–Kier alpha value is -2.04. The molecule has 0 unspecified atom stereocenters. The lowest BCUT2D eigenvalue weighted by molar-refractivity contribution is -0.146. The van der Waals surface area contributed by atoms with Crippen molar-refractivity contribution in [2.24, 2.45) is 0 Å². The number of hydrogen-bond acceptors (Lipinski definition) is 4. The topological polar surface area (TPSA) is 64.6 Å². The highest BCUT2D eigenvalue weighted by Gasteiger charge is 2.08. The molecule has 0 aromatic heterocycles. The van der Waals surface area contributed by atoms with E-state index in [9.17, 15) is 9.59 Å². The fraction of sp³-hybridized carbons (Fsp3) is 0.333. The van der Waals surface area contributed by atoms with E-state index in [1.807, 2.05) is 19.1 Å². The first-order valence-corrected chi connectivity index (χ1v) is 5.28. The standard InChI is InChI=1S/C12H15NO4/c1-3-16-11(14)8-17-12(15)13-10-7-5-4-6-9(10)2/h4-7H,3,8H2,1-2H3,(H,13,15). The van der Waals surface area contributed by atoms with Gasteiger partial charge in [0.25, 0.3) is 0 Å². The van der Waals surface area contributed by atoms with Gasteiger partial charge in [-0.2, -0.15) is 0 Å². The van der Waals surface area contributed by atoms with Crippen molar-refractivity contribution in [3.63, 3.8) is 0 Å². The number of aryl methyl sites for hydroxylation is 1. The molecular formula is C12H15NO4. The minimum atomic E-state index is -0.674. The van der Waals surface area contributed by atoms with Crippen molar-refractivity contribution in [1.29, 1.82) is 0 Å². The first-order chi connectivity index (χ1) is 8.13. The van der Waals surface area contributed by atoms with Crippen LogP contribution in [0.3, 0.4) is 0 Å². The summed E-state index contributed by atoms with van der Waals surface area (Å²) in [5.41, 5.74) is 1.57. The second-order valence-corrected chi connectivity index (χ2v) is 3.32. The van der Waals surface area contributed by atoms with Gasteiger partial charge in [0.15, 0.2) is 6.61 Å². The molecule has 0 aliphatic heterocycles. The minimum Gasteiger partial charge on any atom is -0.463 e. The highest BCUT2D eigenvalue weighted by atomic mass is 16.6. The average Bonchev–Trinajstić information content (AvgIpc) is 2.30. The zero-order valence-electron chi connectivity index (χ0n) is 9.86. The molecule has 0 aliphatic rings. The maximum absolute atomic E-state index is 11.3. The monoisotopic (exact) mass is 237 g/mol. The van der Waals surface area contributed by atoms with Crippen molar-refractivity contribution in [1.82, 2.24) is 0 Å². The normalized spacial score (nSPS) is 9.53. The summed E-state index contributed by atoms with van der Waals surface area (Å²) in [7, 11) is 0. The molecule has 0 heterocycles. The molecule has 5 heteroatoms. The smallest absolute Gasteiger partial charge is 0.412 e. The molecule has 17 heavy (non-hydrogen) atoms. The molecule has 5 nitrogen and oxygen atoms in total. The van der Waals surface area contributed by atoms with Crippen molar-refractivity contribution in [3.05, 3.63) is 29.8 Å². The van der Waals surface area contributed by atoms with Crippen LogP contribution in [0.4, 0.5) is 10.5 Å². The Labute approximate surface area is 99.7 Å². The molecule has 0 saturated carbocycles. The van der Waals surface area contributed by atoms with Crippen molar-refractivity contribution in [2.45, 2.75) is 13.8 Å². The van der Waals surface area contributed by atoms with E-state index in [0.29, 0.717) is 5.69 Å². The third-order valence-corrected chi connectivity index (χ3v) is 2.01. The maximum atomic E-state index is 11.3. The van der Waals surface area contributed by atoms with Crippen LogP contribution in [-0.4, -0.2) is 25.3 Å². The highest BCUT2D eigenvalue weighted by Crippen LogP contribution is 2.13. The van der Waals surface area contributed by atoms with Crippen LogP contribution in [0, 0.1) is 6.92 Å². The predicted octanol–water partition coefficient (Wildman–Crippen LogP) is 2.11. The van der Waals surface area contributed by atoms with E-state index in [-0.39, 0.29) is 13.2 Å². The second kappa shape index (κ2) is 6.52. The van der Waals surface area contributed by atoms with Crippen molar-refractivity contribution >= 4 is 17.7 Å².